The smallest absolute Gasteiger partial charge is 0.409 e. The first-order valence-corrected chi connectivity index (χ1v) is 9.64. The largest absolute Gasteiger partial charge is 0.450 e. The number of carbonyl (C=O) groups excluding carboxylic acids is 3. The van der Waals surface area contributed by atoms with Crippen LogP contribution in [-0.4, -0.2) is 60.0 Å². The maximum atomic E-state index is 12.5. The van der Waals surface area contributed by atoms with Crippen LogP contribution >= 0.6 is 11.6 Å². The topological polar surface area (TPSA) is 79.0 Å². The van der Waals surface area contributed by atoms with Gasteiger partial charge in [0.2, 0.25) is 11.8 Å². The van der Waals surface area contributed by atoms with Gasteiger partial charge in [0, 0.05) is 32.1 Å². The number of para-hydroxylation sites is 1. The van der Waals surface area contributed by atoms with Crippen LogP contribution in [0, 0.1) is 5.92 Å². The Hall–Kier alpha value is -2.28. The molecule has 1 unspecified atom stereocenters. The fourth-order valence-electron chi connectivity index (χ4n) is 3.63. The quantitative estimate of drug-likeness (QED) is 0.853. The molecule has 2 aliphatic heterocycles. The van der Waals surface area contributed by atoms with Gasteiger partial charge in [0.25, 0.3) is 0 Å². The average molecular weight is 394 g/mol. The van der Waals surface area contributed by atoms with E-state index in [2.05, 4.69) is 5.32 Å². The Morgan fingerprint density at radius 2 is 1.96 bits per heavy atom. The lowest BCUT2D eigenvalue weighted by Gasteiger charge is -2.36. The molecule has 2 heterocycles. The molecule has 1 aromatic carbocycles. The molecule has 2 aliphatic rings. The number of anilines is 1. The van der Waals surface area contributed by atoms with Crippen molar-refractivity contribution in [3.63, 3.8) is 0 Å². The SMILES string of the molecule is CCOC(=O)N1CCC(N2CC(C(=O)Nc3ccccc3Cl)CC2=O)CC1. The molecule has 8 heteroatoms. The molecule has 146 valence electrons. The maximum Gasteiger partial charge on any atom is 0.409 e. The number of hydrogen-bond donors (Lipinski definition) is 1. The summed E-state index contributed by atoms with van der Waals surface area (Å²) in [5, 5.41) is 3.28. The zero-order valence-electron chi connectivity index (χ0n) is 15.3. The molecule has 3 amide bonds. The number of likely N-dealkylation sites (tertiary alicyclic amines) is 2. The van der Waals surface area contributed by atoms with Gasteiger partial charge in [-0.15, -0.1) is 0 Å². The summed E-state index contributed by atoms with van der Waals surface area (Å²) in [5.74, 6) is -0.594. The first-order chi connectivity index (χ1) is 13.0. The molecule has 0 bridgehead atoms. The van der Waals surface area contributed by atoms with Gasteiger partial charge in [-0.25, -0.2) is 4.79 Å². The lowest BCUT2D eigenvalue weighted by molar-refractivity contribution is -0.130. The third-order valence-electron chi connectivity index (χ3n) is 5.09. The van der Waals surface area contributed by atoms with Gasteiger partial charge in [-0.1, -0.05) is 23.7 Å². The molecule has 0 spiro atoms. The molecule has 0 radical (unpaired) electrons. The Balaban J connectivity index is 1.54. The van der Waals surface area contributed by atoms with Gasteiger partial charge in [-0.3, -0.25) is 9.59 Å². The Morgan fingerprint density at radius 3 is 2.63 bits per heavy atom. The molecule has 1 N–H and O–H groups in total. The zero-order chi connectivity index (χ0) is 19.4. The van der Waals surface area contributed by atoms with Crippen molar-refractivity contribution in [2.75, 3.05) is 31.6 Å². The zero-order valence-corrected chi connectivity index (χ0v) is 16.1. The van der Waals surface area contributed by atoms with Crippen LogP contribution in [0.5, 0.6) is 0 Å². The fourth-order valence-corrected chi connectivity index (χ4v) is 3.82. The molecule has 0 aromatic heterocycles. The molecule has 0 saturated carbocycles. The number of rotatable bonds is 4. The van der Waals surface area contributed by atoms with Gasteiger partial charge in [0.15, 0.2) is 0 Å². The molecule has 0 aliphatic carbocycles. The van der Waals surface area contributed by atoms with E-state index in [1.54, 1.807) is 41.0 Å². The average Bonchev–Trinajstić information content (AvgIpc) is 3.06. The van der Waals surface area contributed by atoms with Crippen molar-refractivity contribution >= 4 is 35.2 Å². The minimum atomic E-state index is -0.392. The summed E-state index contributed by atoms with van der Waals surface area (Å²) >= 11 is 6.08. The third-order valence-corrected chi connectivity index (χ3v) is 5.42. The maximum absolute atomic E-state index is 12.5. The second-order valence-electron chi connectivity index (χ2n) is 6.83. The molecule has 3 rings (SSSR count). The number of piperidine rings is 1. The Morgan fingerprint density at radius 1 is 1.26 bits per heavy atom. The van der Waals surface area contributed by atoms with Crippen molar-refractivity contribution in [1.82, 2.24) is 9.80 Å². The summed E-state index contributed by atoms with van der Waals surface area (Å²) in [6, 6.07) is 7.09. The summed E-state index contributed by atoms with van der Waals surface area (Å²) in [7, 11) is 0. The minimum Gasteiger partial charge on any atom is -0.450 e. The van der Waals surface area contributed by atoms with Crippen LogP contribution in [0.15, 0.2) is 24.3 Å². The van der Waals surface area contributed by atoms with Crippen molar-refractivity contribution < 1.29 is 19.1 Å². The highest BCUT2D eigenvalue weighted by atomic mass is 35.5. The van der Waals surface area contributed by atoms with Gasteiger partial charge in [0.1, 0.15) is 0 Å². The molecular weight excluding hydrogens is 370 g/mol. The summed E-state index contributed by atoms with van der Waals surface area (Å²) in [6.45, 7) is 3.65. The second kappa shape index (κ2) is 8.61. The van der Waals surface area contributed by atoms with Gasteiger partial charge in [-0.05, 0) is 31.9 Å². The van der Waals surface area contributed by atoms with Crippen molar-refractivity contribution in [3.05, 3.63) is 29.3 Å². The van der Waals surface area contributed by atoms with E-state index in [9.17, 15) is 14.4 Å². The first kappa shape index (κ1) is 19.5. The lowest BCUT2D eigenvalue weighted by Crippen LogP contribution is -2.47. The van der Waals surface area contributed by atoms with E-state index < -0.39 is 5.92 Å². The van der Waals surface area contributed by atoms with Crippen LogP contribution in [0.25, 0.3) is 0 Å². The van der Waals surface area contributed by atoms with Gasteiger partial charge in [-0.2, -0.15) is 0 Å². The van der Waals surface area contributed by atoms with E-state index in [-0.39, 0.29) is 30.4 Å². The molecular formula is C19H24ClN3O4. The van der Waals surface area contributed by atoms with Crippen LogP contribution in [-0.2, 0) is 14.3 Å². The van der Waals surface area contributed by atoms with Crippen LogP contribution in [0.3, 0.4) is 0 Å². The monoisotopic (exact) mass is 393 g/mol. The molecule has 1 aromatic rings. The minimum absolute atomic E-state index is 0.0103. The lowest BCUT2D eigenvalue weighted by atomic mass is 10.0. The number of halogens is 1. The van der Waals surface area contributed by atoms with E-state index in [4.69, 9.17) is 16.3 Å². The highest BCUT2D eigenvalue weighted by Crippen LogP contribution is 2.28. The molecule has 7 nitrogen and oxygen atoms in total. The van der Waals surface area contributed by atoms with E-state index in [0.717, 1.165) is 0 Å². The standard InChI is InChI=1S/C19H24ClN3O4/c1-2-27-19(26)22-9-7-14(8-10-22)23-12-13(11-17(23)24)18(25)21-16-6-4-3-5-15(16)20/h3-6,13-14H,2,7-12H2,1H3,(H,21,25). The Bertz CT molecular complexity index is 719. The van der Waals surface area contributed by atoms with Crippen LogP contribution in [0.4, 0.5) is 10.5 Å². The third kappa shape index (κ3) is 4.53. The van der Waals surface area contributed by atoms with Gasteiger partial charge < -0.3 is 19.9 Å². The van der Waals surface area contributed by atoms with Crippen LogP contribution < -0.4 is 5.32 Å². The highest BCUT2D eigenvalue weighted by Gasteiger charge is 2.39. The number of amides is 3. The van der Waals surface area contributed by atoms with Gasteiger partial charge in [0.05, 0.1) is 23.2 Å². The van der Waals surface area contributed by atoms with Crippen molar-refractivity contribution in [2.45, 2.75) is 32.2 Å². The molecule has 1 atom stereocenters. The molecule has 2 saturated heterocycles. The van der Waals surface area contributed by atoms with Gasteiger partial charge >= 0.3 is 6.09 Å². The van der Waals surface area contributed by atoms with Crippen molar-refractivity contribution in [3.8, 4) is 0 Å². The van der Waals surface area contributed by atoms with Crippen molar-refractivity contribution in [1.29, 1.82) is 0 Å². The van der Waals surface area contributed by atoms with E-state index in [1.807, 2.05) is 0 Å². The normalized spacial score (nSPS) is 20.7. The number of ether oxygens (including phenoxy) is 1. The number of benzene rings is 1. The summed E-state index contributed by atoms with van der Waals surface area (Å²) in [6.07, 6.45) is 1.29. The summed E-state index contributed by atoms with van der Waals surface area (Å²) in [4.78, 5) is 40.2. The van der Waals surface area contributed by atoms with Crippen LogP contribution in [0.1, 0.15) is 26.2 Å². The first-order valence-electron chi connectivity index (χ1n) is 9.26. The fraction of sp³-hybridized carbons (Fsp3) is 0.526. The Kier molecular flexibility index (Phi) is 6.21. The molecule has 2 fully saturated rings. The molecule has 27 heavy (non-hydrogen) atoms. The van der Waals surface area contributed by atoms with Crippen molar-refractivity contribution in [2.24, 2.45) is 5.92 Å². The summed E-state index contributed by atoms with van der Waals surface area (Å²) < 4.78 is 5.02. The van der Waals surface area contributed by atoms with Crippen LogP contribution in [0.2, 0.25) is 5.02 Å². The number of hydrogen-bond acceptors (Lipinski definition) is 4. The van der Waals surface area contributed by atoms with E-state index >= 15 is 0 Å². The summed E-state index contributed by atoms with van der Waals surface area (Å²) in [5.41, 5.74) is 0.554. The number of carbonyl (C=O) groups is 3. The van der Waals surface area contributed by atoms with E-state index in [0.29, 0.717) is 49.8 Å². The number of nitrogens with one attached hydrogen (secondary N) is 1. The predicted octanol–water partition coefficient (Wildman–Crippen LogP) is 2.75. The number of nitrogens with zero attached hydrogens (tertiary/aromatic N) is 2. The Labute approximate surface area is 163 Å². The second-order valence-corrected chi connectivity index (χ2v) is 7.24. The predicted molar refractivity (Wildman–Crippen MR) is 102 cm³/mol. The highest BCUT2D eigenvalue weighted by molar-refractivity contribution is 6.33. The van der Waals surface area contributed by atoms with E-state index in [1.165, 1.54) is 0 Å².